The summed E-state index contributed by atoms with van der Waals surface area (Å²) < 4.78 is 5.32. The van der Waals surface area contributed by atoms with Crippen LogP contribution in [0.2, 0.25) is 0 Å². The van der Waals surface area contributed by atoms with Gasteiger partial charge in [-0.2, -0.15) is 5.10 Å². The first kappa shape index (κ1) is 18.9. The molecule has 9 heteroatoms. The third kappa shape index (κ3) is 5.02. The van der Waals surface area contributed by atoms with Crippen LogP contribution in [0.4, 0.5) is 5.69 Å². The lowest BCUT2D eigenvalue weighted by atomic mass is 10.1. The summed E-state index contributed by atoms with van der Waals surface area (Å²) in [6.07, 6.45) is 0.350. The fraction of sp³-hybridized carbons (Fsp3) is 0.312. The highest BCUT2D eigenvalue weighted by molar-refractivity contribution is 5.91. The van der Waals surface area contributed by atoms with Crippen molar-refractivity contribution < 1.29 is 19.4 Å². The Balaban J connectivity index is 0.00000225. The first-order valence-corrected chi connectivity index (χ1v) is 7.62. The lowest BCUT2D eigenvalue weighted by Crippen LogP contribution is -2.43. The first-order chi connectivity index (χ1) is 11.6. The van der Waals surface area contributed by atoms with Crippen LogP contribution in [0.3, 0.4) is 0 Å². The highest BCUT2D eigenvalue weighted by atomic mass is 35.5. The molecule has 3 rings (SSSR count). The molecule has 2 aromatic rings. The number of hydrogen-bond acceptors (Lipinski definition) is 5. The Kier molecular flexibility index (Phi) is 6.51. The van der Waals surface area contributed by atoms with Crippen molar-refractivity contribution in [1.29, 1.82) is 0 Å². The summed E-state index contributed by atoms with van der Waals surface area (Å²) in [5.41, 5.74) is 2.01. The van der Waals surface area contributed by atoms with Crippen molar-refractivity contribution in [1.82, 2.24) is 15.5 Å². The summed E-state index contributed by atoms with van der Waals surface area (Å²) >= 11 is 0. The van der Waals surface area contributed by atoms with Gasteiger partial charge in [-0.15, -0.1) is 12.4 Å². The number of anilines is 1. The number of morpholine rings is 1. The molecule has 0 spiro atoms. The van der Waals surface area contributed by atoms with Gasteiger partial charge in [0.15, 0.2) is 0 Å². The fourth-order valence-electron chi connectivity index (χ4n) is 2.49. The third-order valence-electron chi connectivity index (χ3n) is 3.70. The monoisotopic (exact) mass is 366 g/mol. The van der Waals surface area contributed by atoms with Crippen molar-refractivity contribution in [3.05, 3.63) is 36.0 Å². The minimum absolute atomic E-state index is 0. The fourth-order valence-corrected chi connectivity index (χ4v) is 2.49. The number of carboxylic acids is 1. The molecule has 8 nitrogen and oxygen atoms in total. The van der Waals surface area contributed by atoms with Crippen molar-refractivity contribution in [2.24, 2.45) is 0 Å². The molecule has 4 N–H and O–H groups in total. The molecule has 1 aliphatic heterocycles. The molecule has 0 radical (unpaired) electrons. The van der Waals surface area contributed by atoms with Crippen molar-refractivity contribution in [3.8, 4) is 11.3 Å². The molecular weight excluding hydrogens is 348 g/mol. The average Bonchev–Trinajstić information content (AvgIpc) is 3.07. The molecule has 0 saturated carbocycles. The van der Waals surface area contributed by atoms with Crippen molar-refractivity contribution in [2.45, 2.75) is 12.5 Å². The molecule has 1 aromatic carbocycles. The average molecular weight is 367 g/mol. The summed E-state index contributed by atoms with van der Waals surface area (Å²) in [5, 5.41) is 21.4. The predicted octanol–water partition coefficient (Wildman–Crippen LogP) is 1.51. The molecular formula is C16H19ClN4O4. The lowest BCUT2D eigenvalue weighted by molar-refractivity contribution is -0.117. The van der Waals surface area contributed by atoms with Crippen LogP contribution in [-0.4, -0.2) is 53.0 Å². The van der Waals surface area contributed by atoms with Gasteiger partial charge in [0.25, 0.3) is 0 Å². The second-order valence-electron chi connectivity index (χ2n) is 5.53. The van der Waals surface area contributed by atoms with Crippen molar-refractivity contribution in [3.63, 3.8) is 0 Å². The Labute approximate surface area is 150 Å². The second-order valence-corrected chi connectivity index (χ2v) is 5.53. The minimum atomic E-state index is -1.06. The number of halogens is 1. The largest absolute Gasteiger partial charge is 0.477 e. The smallest absolute Gasteiger partial charge is 0.353 e. The number of aromatic nitrogens is 2. The van der Waals surface area contributed by atoms with E-state index in [1.54, 1.807) is 24.3 Å². The van der Waals surface area contributed by atoms with Crippen LogP contribution >= 0.6 is 12.4 Å². The summed E-state index contributed by atoms with van der Waals surface area (Å²) in [5.74, 6) is -1.14. The molecule has 0 bridgehead atoms. The molecule has 1 aromatic heterocycles. The Hall–Kier alpha value is -2.42. The number of rotatable bonds is 5. The number of amides is 1. The molecule has 2 heterocycles. The zero-order chi connectivity index (χ0) is 16.9. The maximum absolute atomic E-state index is 12.0. The van der Waals surface area contributed by atoms with Crippen molar-refractivity contribution in [2.75, 3.05) is 25.1 Å². The van der Waals surface area contributed by atoms with Crippen LogP contribution in [-0.2, 0) is 9.53 Å². The van der Waals surface area contributed by atoms with Gasteiger partial charge in [-0.25, -0.2) is 4.79 Å². The van der Waals surface area contributed by atoms with E-state index in [2.05, 4.69) is 20.8 Å². The topological polar surface area (TPSA) is 116 Å². The van der Waals surface area contributed by atoms with E-state index in [0.717, 1.165) is 12.1 Å². The highest BCUT2D eigenvalue weighted by Crippen LogP contribution is 2.20. The van der Waals surface area contributed by atoms with Gasteiger partial charge in [0.1, 0.15) is 5.69 Å². The van der Waals surface area contributed by atoms with E-state index in [-0.39, 0.29) is 30.0 Å². The summed E-state index contributed by atoms with van der Waals surface area (Å²) in [6, 6.07) is 8.57. The van der Waals surface area contributed by atoms with Gasteiger partial charge in [0.05, 0.1) is 18.9 Å². The second kappa shape index (κ2) is 8.61. The van der Waals surface area contributed by atoms with Crippen LogP contribution in [0.1, 0.15) is 16.9 Å². The van der Waals surface area contributed by atoms with Crippen LogP contribution in [0.25, 0.3) is 11.3 Å². The quantitative estimate of drug-likeness (QED) is 0.637. The number of nitrogens with one attached hydrogen (secondary N) is 3. The summed E-state index contributed by atoms with van der Waals surface area (Å²) in [7, 11) is 0. The molecule has 1 aliphatic rings. The Morgan fingerprint density at radius 2 is 2.08 bits per heavy atom. The van der Waals surface area contributed by atoms with Crippen LogP contribution in [0, 0.1) is 0 Å². The van der Waals surface area contributed by atoms with Crippen LogP contribution in [0.5, 0.6) is 0 Å². The lowest BCUT2D eigenvalue weighted by Gasteiger charge is -2.23. The Morgan fingerprint density at radius 1 is 1.32 bits per heavy atom. The van der Waals surface area contributed by atoms with E-state index in [0.29, 0.717) is 31.0 Å². The van der Waals surface area contributed by atoms with E-state index in [4.69, 9.17) is 9.84 Å². The van der Waals surface area contributed by atoms with Gasteiger partial charge in [-0.3, -0.25) is 9.89 Å². The van der Waals surface area contributed by atoms with E-state index in [1.807, 2.05) is 0 Å². The SMILES string of the molecule is Cl.O=C(CC1COCCN1)Nc1ccc(-c2cc(C(=O)O)[nH]n2)cc1. The van der Waals surface area contributed by atoms with Gasteiger partial charge in [-0.05, 0) is 18.2 Å². The van der Waals surface area contributed by atoms with Gasteiger partial charge >= 0.3 is 5.97 Å². The zero-order valence-corrected chi connectivity index (χ0v) is 14.1. The molecule has 25 heavy (non-hydrogen) atoms. The molecule has 1 amide bonds. The Bertz CT molecular complexity index is 726. The minimum Gasteiger partial charge on any atom is -0.477 e. The number of aromatic amines is 1. The van der Waals surface area contributed by atoms with Crippen LogP contribution in [0.15, 0.2) is 30.3 Å². The standard InChI is InChI=1S/C16H18N4O4.ClH/c21-15(7-12-9-24-6-5-17-12)18-11-3-1-10(2-4-11)13-8-14(16(22)23)20-19-13;/h1-4,8,12,17H,5-7,9H2,(H,18,21)(H,19,20)(H,22,23);1H. The van der Waals surface area contributed by atoms with Gasteiger partial charge < -0.3 is 20.5 Å². The summed E-state index contributed by atoms with van der Waals surface area (Å²) in [4.78, 5) is 22.9. The number of carbonyl (C=O) groups is 2. The number of nitrogens with zero attached hydrogens (tertiary/aromatic N) is 1. The first-order valence-electron chi connectivity index (χ1n) is 7.62. The van der Waals surface area contributed by atoms with Crippen LogP contribution < -0.4 is 10.6 Å². The molecule has 0 aliphatic carbocycles. The zero-order valence-electron chi connectivity index (χ0n) is 13.3. The molecule has 1 unspecified atom stereocenters. The number of H-pyrrole nitrogens is 1. The number of aromatic carboxylic acids is 1. The molecule has 134 valence electrons. The number of ether oxygens (including phenoxy) is 1. The van der Waals surface area contributed by atoms with E-state index < -0.39 is 5.97 Å². The van der Waals surface area contributed by atoms with Crippen molar-refractivity contribution >= 4 is 30.0 Å². The van der Waals surface area contributed by atoms with E-state index >= 15 is 0 Å². The number of hydrogen-bond donors (Lipinski definition) is 4. The number of carboxylic acid groups (broad SMARTS) is 1. The normalized spacial score (nSPS) is 16.7. The third-order valence-corrected chi connectivity index (χ3v) is 3.70. The molecule has 1 fully saturated rings. The van der Waals surface area contributed by atoms with Gasteiger partial charge in [0.2, 0.25) is 5.91 Å². The highest BCUT2D eigenvalue weighted by Gasteiger charge is 2.17. The predicted molar refractivity (Wildman–Crippen MR) is 94.1 cm³/mol. The summed E-state index contributed by atoms with van der Waals surface area (Å²) in [6.45, 7) is 1.97. The van der Waals surface area contributed by atoms with E-state index in [1.165, 1.54) is 6.07 Å². The van der Waals surface area contributed by atoms with E-state index in [9.17, 15) is 9.59 Å². The maximum atomic E-state index is 12.0. The van der Waals surface area contributed by atoms with Gasteiger partial charge in [0, 0.05) is 30.3 Å². The maximum Gasteiger partial charge on any atom is 0.353 e. The molecule has 1 saturated heterocycles. The Morgan fingerprint density at radius 3 is 2.68 bits per heavy atom. The van der Waals surface area contributed by atoms with Gasteiger partial charge in [-0.1, -0.05) is 12.1 Å². The number of carbonyl (C=O) groups excluding carboxylic acids is 1. The number of benzene rings is 1. The molecule has 1 atom stereocenters.